The number of carbonyl (C=O) groups is 1. The number of hydrogen-bond acceptors (Lipinski definition) is 5. The van der Waals surface area contributed by atoms with Gasteiger partial charge in [0.25, 0.3) is 5.91 Å². The second-order valence-corrected chi connectivity index (χ2v) is 8.15. The lowest BCUT2D eigenvalue weighted by Gasteiger charge is -2.29. The molecule has 1 aliphatic rings. The van der Waals surface area contributed by atoms with Crippen molar-refractivity contribution in [2.75, 3.05) is 43.1 Å². The highest BCUT2D eigenvalue weighted by molar-refractivity contribution is 7.89. The van der Waals surface area contributed by atoms with E-state index in [-0.39, 0.29) is 17.0 Å². The number of anilines is 2. The molecule has 2 aromatic carbocycles. The molecule has 0 saturated carbocycles. The fourth-order valence-corrected chi connectivity index (χ4v) is 3.88. The Bertz CT molecular complexity index is 987. The normalized spacial score (nSPS) is 14.4. The highest BCUT2D eigenvalue weighted by atomic mass is 32.2. The Labute approximate surface area is 169 Å². The van der Waals surface area contributed by atoms with Gasteiger partial charge in [-0.3, -0.25) is 4.79 Å². The van der Waals surface area contributed by atoms with Crippen molar-refractivity contribution in [2.24, 2.45) is 0 Å². The van der Waals surface area contributed by atoms with Crippen LogP contribution >= 0.6 is 0 Å². The maximum absolute atomic E-state index is 14.5. The van der Waals surface area contributed by atoms with E-state index in [1.807, 2.05) is 4.90 Å². The molecule has 0 aliphatic carbocycles. The molecule has 3 rings (SSSR count). The molecule has 9 heteroatoms. The van der Waals surface area contributed by atoms with Crippen LogP contribution in [0, 0.1) is 5.82 Å². The standard InChI is InChI=1S/C20H22FN3O4S/c1-2-9-22-29(26,27)17-6-3-15(4-7-17)20(25)23-16-5-8-19(18(21)14-16)24-10-12-28-13-11-24/h2-8,14,22H,1,9-13H2,(H,23,25). The molecule has 0 aromatic heterocycles. The molecule has 154 valence electrons. The van der Waals surface area contributed by atoms with Crippen LogP contribution in [-0.2, 0) is 14.8 Å². The molecular weight excluding hydrogens is 397 g/mol. The van der Waals surface area contributed by atoms with Crippen molar-refractivity contribution < 1.29 is 22.3 Å². The number of sulfonamides is 1. The van der Waals surface area contributed by atoms with E-state index in [4.69, 9.17) is 4.74 Å². The van der Waals surface area contributed by atoms with Gasteiger partial charge in [-0.05, 0) is 42.5 Å². The van der Waals surface area contributed by atoms with Gasteiger partial charge in [0.1, 0.15) is 5.82 Å². The van der Waals surface area contributed by atoms with Crippen LogP contribution in [0.2, 0.25) is 0 Å². The minimum absolute atomic E-state index is 0.0387. The lowest BCUT2D eigenvalue weighted by atomic mass is 10.2. The van der Waals surface area contributed by atoms with Crippen molar-refractivity contribution in [3.63, 3.8) is 0 Å². The van der Waals surface area contributed by atoms with Gasteiger partial charge in [-0.1, -0.05) is 6.08 Å². The summed E-state index contributed by atoms with van der Waals surface area (Å²) < 4.78 is 46.2. The van der Waals surface area contributed by atoms with Gasteiger partial charge in [-0.15, -0.1) is 6.58 Å². The topological polar surface area (TPSA) is 87.7 Å². The third-order valence-corrected chi connectivity index (χ3v) is 5.84. The minimum Gasteiger partial charge on any atom is -0.378 e. The van der Waals surface area contributed by atoms with Gasteiger partial charge in [0.15, 0.2) is 0 Å². The summed E-state index contributed by atoms with van der Waals surface area (Å²) in [6.07, 6.45) is 1.43. The highest BCUT2D eigenvalue weighted by Gasteiger charge is 2.17. The number of hydrogen-bond donors (Lipinski definition) is 2. The van der Waals surface area contributed by atoms with Gasteiger partial charge in [-0.25, -0.2) is 17.5 Å². The predicted molar refractivity (Wildman–Crippen MR) is 109 cm³/mol. The lowest BCUT2D eigenvalue weighted by Crippen LogP contribution is -2.36. The van der Waals surface area contributed by atoms with Gasteiger partial charge < -0.3 is 15.0 Å². The minimum atomic E-state index is -3.66. The second kappa shape index (κ2) is 9.17. The van der Waals surface area contributed by atoms with E-state index in [0.29, 0.717) is 37.7 Å². The summed E-state index contributed by atoms with van der Waals surface area (Å²) in [5.74, 6) is -0.897. The van der Waals surface area contributed by atoms with E-state index in [1.165, 1.54) is 36.4 Å². The molecule has 0 bridgehead atoms. The number of amides is 1. The van der Waals surface area contributed by atoms with Gasteiger partial charge >= 0.3 is 0 Å². The molecule has 29 heavy (non-hydrogen) atoms. The van der Waals surface area contributed by atoms with E-state index in [9.17, 15) is 17.6 Å². The number of nitrogens with zero attached hydrogens (tertiary/aromatic N) is 1. The van der Waals surface area contributed by atoms with Crippen LogP contribution in [0.5, 0.6) is 0 Å². The van der Waals surface area contributed by atoms with Crippen LogP contribution in [0.1, 0.15) is 10.4 Å². The zero-order valence-electron chi connectivity index (χ0n) is 15.7. The molecule has 0 atom stereocenters. The third kappa shape index (κ3) is 5.20. The number of benzene rings is 2. The van der Waals surface area contributed by atoms with E-state index in [2.05, 4.69) is 16.6 Å². The summed E-state index contributed by atoms with van der Waals surface area (Å²) in [5.41, 5.74) is 1.03. The molecule has 1 heterocycles. The van der Waals surface area contributed by atoms with Crippen LogP contribution in [0.3, 0.4) is 0 Å². The average molecular weight is 419 g/mol. The number of nitrogens with one attached hydrogen (secondary N) is 2. The van der Waals surface area contributed by atoms with Crippen molar-refractivity contribution in [3.8, 4) is 0 Å². The van der Waals surface area contributed by atoms with Gasteiger partial charge in [0.2, 0.25) is 10.0 Å². The van der Waals surface area contributed by atoms with Crippen LogP contribution in [0.4, 0.5) is 15.8 Å². The zero-order chi connectivity index (χ0) is 20.9. The maximum atomic E-state index is 14.5. The number of carbonyl (C=O) groups excluding carboxylic acids is 1. The zero-order valence-corrected chi connectivity index (χ0v) is 16.5. The molecule has 1 aliphatic heterocycles. The Balaban J connectivity index is 1.68. The van der Waals surface area contributed by atoms with Gasteiger partial charge in [-0.2, -0.15) is 0 Å². The van der Waals surface area contributed by atoms with Crippen molar-refractivity contribution in [3.05, 3.63) is 66.5 Å². The average Bonchev–Trinajstić information content (AvgIpc) is 2.73. The SMILES string of the molecule is C=CCNS(=O)(=O)c1ccc(C(=O)Nc2ccc(N3CCOCC3)c(F)c2)cc1. The summed E-state index contributed by atoms with van der Waals surface area (Å²) in [4.78, 5) is 14.3. The summed E-state index contributed by atoms with van der Waals surface area (Å²) >= 11 is 0. The van der Waals surface area contributed by atoms with Crippen LogP contribution in [0.25, 0.3) is 0 Å². The Morgan fingerprint density at radius 1 is 1.17 bits per heavy atom. The molecule has 0 radical (unpaired) electrons. The fraction of sp³-hybridized carbons (Fsp3) is 0.250. The maximum Gasteiger partial charge on any atom is 0.255 e. The van der Waals surface area contributed by atoms with E-state index in [0.717, 1.165) is 0 Å². The van der Waals surface area contributed by atoms with Crippen LogP contribution < -0.4 is 14.9 Å². The van der Waals surface area contributed by atoms with E-state index in [1.54, 1.807) is 12.1 Å². The molecular formula is C20H22FN3O4S. The number of ether oxygens (including phenoxy) is 1. The van der Waals surface area contributed by atoms with Gasteiger partial charge in [0.05, 0.1) is 23.8 Å². The molecule has 1 saturated heterocycles. The Kier molecular flexibility index (Phi) is 6.63. The monoisotopic (exact) mass is 419 g/mol. The molecule has 2 aromatic rings. The summed E-state index contributed by atoms with van der Waals surface area (Å²) in [6, 6.07) is 9.99. The fourth-order valence-electron chi connectivity index (χ4n) is 2.89. The molecule has 7 nitrogen and oxygen atoms in total. The van der Waals surface area contributed by atoms with Crippen LogP contribution in [0.15, 0.2) is 60.0 Å². The first-order valence-electron chi connectivity index (χ1n) is 9.05. The second-order valence-electron chi connectivity index (χ2n) is 6.38. The number of halogens is 1. The summed E-state index contributed by atoms with van der Waals surface area (Å²) in [5, 5.41) is 2.62. The Morgan fingerprint density at radius 2 is 1.86 bits per heavy atom. The van der Waals surface area contributed by atoms with E-state index >= 15 is 0 Å². The quantitative estimate of drug-likeness (QED) is 0.673. The van der Waals surface area contributed by atoms with Crippen molar-refractivity contribution >= 4 is 27.3 Å². The van der Waals surface area contributed by atoms with E-state index < -0.39 is 21.7 Å². The first kappa shape index (κ1) is 21.0. The summed E-state index contributed by atoms with van der Waals surface area (Å²) in [6.45, 7) is 5.88. The Hall–Kier alpha value is -2.75. The first-order chi connectivity index (χ1) is 13.9. The molecule has 1 amide bonds. The molecule has 2 N–H and O–H groups in total. The Morgan fingerprint density at radius 3 is 2.48 bits per heavy atom. The first-order valence-corrected chi connectivity index (χ1v) is 10.5. The molecule has 0 spiro atoms. The van der Waals surface area contributed by atoms with Gasteiger partial charge in [0, 0.05) is 30.9 Å². The number of rotatable bonds is 7. The third-order valence-electron chi connectivity index (χ3n) is 4.40. The largest absolute Gasteiger partial charge is 0.378 e. The van der Waals surface area contributed by atoms with Crippen molar-refractivity contribution in [1.82, 2.24) is 4.72 Å². The molecule has 0 unspecified atom stereocenters. The predicted octanol–water partition coefficient (Wildman–Crippen LogP) is 2.38. The summed E-state index contributed by atoms with van der Waals surface area (Å²) in [7, 11) is -3.66. The smallest absolute Gasteiger partial charge is 0.255 e. The number of morpholine rings is 1. The van der Waals surface area contributed by atoms with Crippen molar-refractivity contribution in [2.45, 2.75) is 4.90 Å². The van der Waals surface area contributed by atoms with Crippen molar-refractivity contribution in [1.29, 1.82) is 0 Å². The molecule has 1 fully saturated rings. The van der Waals surface area contributed by atoms with Crippen LogP contribution in [-0.4, -0.2) is 47.2 Å². The highest BCUT2D eigenvalue weighted by Crippen LogP contribution is 2.24. The lowest BCUT2D eigenvalue weighted by molar-refractivity contribution is 0.102.